The van der Waals surface area contributed by atoms with E-state index in [2.05, 4.69) is 9.97 Å². The predicted molar refractivity (Wildman–Crippen MR) is 176 cm³/mol. The Morgan fingerprint density at radius 2 is 0.851 bits per heavy atom. The smallest absolute Gasteiger partial charge is 0.332 e. The number of aliphatic hydroxyl groups is 4. The summed E-state index contributed by atoms with van der Waals surface area (Å²) in [6.07, 6.45) is -2.98. The molecule has 18 nitrogen and oxygen atoms in total. The molecule has 0 aromatic carbocycles. The van der Waals surface area contributed by atoms with Crippen LogP contribution in [0.3, 0.4) is 0 Å². The molecule has 4 N–H and O–H groups in total. The summed E-state index contributed by atoms with van der Waals surface area (Å²) in [6.45, 7) is 6.96. The van der Waals surface area contributed by atoms with Crippen LogP contribution >= 0.6 is 0 Å². The molecule has 4 rings (SSSR count). The third kappa shape index (κ3) is 6.90. The van der Waals surface area contributed by atoms with Crippen LogP contribution in [0.5, 0.6) is 0 Å². The van der Waals surface area contributed by atoms with Crippen molar-refractivity contribution in [1.82, 2.24) is 37.4 Å². The van der Waals surface area contributed by atoms with Crippen molar-refractivity contribution >= 4 is 34.2 Å². The molecule has 18 heteroatoms. The van der Waals surface area contributed by atoms with E-state index in [1.54, 1.807) is 46.6 Å². The van der Waals surface area contributed by atoms with Gasteiger partial charge in [0.1, 0.15) is 0 Å². The van der Waals surface area contributed by atoms with Crippen molar-refractivity contribution in [3.05, 3.63) is 41.7 Å². The maximum Gasteiger partial charge on any atom is 0.332 e. The highest BCUT2D eigenvalue weighted by molar-refractivity contribution is 5.75. The van der Waals surface area contributed by atoms with Crippen molar-refractivity contribution in [2.75, 3.05) is 36.0 Å². The lowest BCUT2D eigenvalue weighted by molar-refractivity contribution is 0.176. The van der Waals surface area contributed by atoms with Gasteiger partial charge in [0.25, 0.3) is 11.1 Å². The summed E-state index contributed by atoms with van der Waals surface area (Å²) in [4.78, 5) is 65.2. The third-order valence-electron chi connectivity index (χ3n) is 7.92. The summed E-state index contributed by atoms with van der Waals surface area (Å²) in [5, 5.41) is 41.1. The zero-order chi connectivity index (χ0) is 35.1. The van der Waals surface area contributed by atoms with Crippen molar-refractivity contribution in [2.24, 2.45) is 28.2 Å². The Kier molecular flexibility index (Phi) is 10.5. The molecule has 4 atom stereocenters. The predicted octanol–water partition coefficient (Wildman–Crippen LogP) is -2.59. The van der Waals surface area contributed by atoms with Crippen molar-refractivity contribution in [2.45, 2.75) is 71.6 Å². The maximum atomic E-state index is 13.5. The number of imidazole rings is 2. The van der Waals surface area contributed by atoms with E-state index in [1.165, 1.54) is 37.3 Å². The summed E-state index contributed by atoms with van der Waals surface area (Å²) in [7, 11) is 5.74. The van der Waals surface area contributed by atoms with Gasteiger partial charge in [0.15, 0.2) is 22.3 Å². The fraction of sp³-hybridized carbons (Fsp3) is 0.655. The molecule has 4 heterocycles. The lowest BCUT2D eigenvalue weighted by atomic mass is 10.3. The van der Waals surface area contributed by atoms with Crippen LogP contribution < -0.4 is 32.3 Å². The lowest BCUT2D eigenvalue weighted by Gasteiger charge is -2.28. The standard InChI is InChI=1S/C29H46N10O8/c1-16(40)12-36(13-17(2)41)26-30-22-20(24(44)34(7)28(46)32(22)5)38(26)10-9-11-39-21-23(33(6)29(47)35(8)25(21)45)31-27(39)37(14-18(3)42)15-19(4)43/h16-19,40-43H,9-15H2,1-8H3/t16-,17+,18-,19+. The van der Waals surface area contributed by atoms with Crippen molar-refractivity contribution in [3.8, 4) is 0 Å². The quantitative estimate of drug-likeness (QED) is 0.110. The highest BCUT2D eigenvalue weighted by atomic mass is 16.3. The van der Waals surface area contributed by atoms with E-state index in [9.17, 15) is 39.6 Å². The van der Waals surface area contributed by atoms with Crippen LogP contribution in [0.25, 0.3) is 22.3 Å². The Hall–Kier alpha value is -4.26. The van der Waals surface area contributed by atoms with E-state index >= 15 is 0 Å². The molecule has 0 spiro atoms. The van der Waals surface area contributed by atoms with Crippen LogP contribution in [-0.4, -0.2) is 108 Å². The van der Waals surface area contributed by atoms with Crippen molar-refractivity contribution < 1.29 is 20.4 Å². The molecule has 4 aromatic heterocycles. The zero-order valence-electron chi connectivity index (χ0n) is 28.2. The van der Waals surface area contributed by atoms with Gasteiger partial charge in [-0.25, -0.2) is 9.59 Å². The van der Waals surface area contributed by atoms with E-state index in [1.807, 2.05) is 0 Å². The van der Waals surface area contributed by atoms with Crippen LogP contribution in [0.2, 0.25) is 0 Å². The summed E-state index contributed by atoms with van der Waals surface area (Å²) in [5.41, 5.74) is -1.73. The number of fused-ring (bicyclic) bond motifs is 2. The normalized spacial score (nSPS) is 14.6. The van der Waals surface area contributed by atoms with Crippen molar-refractivity contribution in [3.63, 3.8) is 0 Å². The lowest BCUT2D eigenvalue weighted by Crippen LogP contribution is -2.39. The molecule has 0 aliphatic heterocycles. The second-order valence-electron chi connectivity index (χ2n) is 12.4. The molecule has 0 fully saturated rings. The number of aliphatic hydroxyl groups excluding tert-OH is 4. The Morgan fingerprint density at radius 1 is 0.553 bits per heavy atom. The van der Waals surface area contributed by atoms with Crippen LogP contribution in [0.4, 0.5) is 11.9 Å². The van der Waals surface area contributed by atoms with Gasteiger partial charge in [-0.05, 0) is 34.1 Å². The molecule has 0 saturated heterocycles. The Bertz CT molecular complexity index is 1830. The molecule has 0 amide bonds. The Labute approximate surface area is 269 Å². The monoisotopic (exact) mass is 662 g/mol. The first kappa shape index (κ1) is 35.6. The first-order valence-corrected chi connectivity index (χ1v) is 15.5. The average molecular weight is 663 g/mol. The summed E-state index contributed by atoms with van der Waals surface area (Å²) < 4.78 is 7.75. The van der Waals surface area contributed by atoms with Crippen LogP contribution in [-0.2, 0) is 41.3 Å². The maximum absolute atomic E-state index is 13.5. The topological polar surface area (TPSA) is 211 Å². The van der Waals surface area contributed by atoms with Gasteiger partial charge in [0.2, 0.25) is 11.9 Å². The Balaban J connectivity index is 1.91. The van der Waals surface area contributed by atoms with E-state index in [0.717, 1.165) is 9.13 Å². The number of rotatable bonds is 14. The number of hydrogen-bond donors (Lipinski definition) is 4. The van der Waals surface area contributed by atoms with Gasteiger partial charge in [-0.1, -0.05) is 0 Å². The highest BCUT2D eigenvalue weighted by Gasteiger charge is 2.27. The minimum atomic E-state index is -0.815. The van der Waals surface area contributed by atoms with Gasteiger partial charge in [-0.15, -0.1) is 0 Å². The van der Waals surface area contributed by atoms with Gasteiger partial charge < -0.3 is 39.4 Å². The van der Waals surface area contributed by atoms with E-state index < -0.39 is 46.9 Å². The molecule has 0 aliphatic carbocycles. The average Bonchev–Trinajstić information content (AvgIpc) is 3.55. The SMILES string of the molecule is C[C@H](O)CN(C[C@@H](C)O)c1nc2c(c(=O)n(C)c(=O)n2C)n1CCCn1c(N(C[C@H](C)O)C[C@@H](C)O)nc2c1c(=O)n(C)c(=O)n2C. The number of nitrogens with zero attached hydrogens (tertiary/aromatic N) is 10. The summed E-state index contributed by atoms with van der Waals surface area (Å²) >= 11 is 0. The fourth-order valence-electron chi connectivity index (χ4n) is 5.91. The van der Waals surface area contributed by atoms with Gasteiger partial charge in [0, 0.05) is 67.5 Å². The van der Waals surface area contributed by atoms with Gasteiger partial charge in [0.05, 0.1) is 24.4 Å². The van der Waals surface area contributed by atoms with Crippen molar-refractivity contribution in [1.29, 1.82) is 0 Å². The first-order chi connectivity index (χ1) is 22.0. The molecule has 0 bridgehead atoms. The van der Waals surface area contributed by atoms with Crippen LogP contribution in [0.15, 0.2) is 19.2 Å². The zero-order valence-corrected chi connectivity index (χ0v) is 28.2. The number of aryl methyl sites for hydroxylation is 4. The highest BCUT2D eigenvalue weighted by Crippen LogP contribution is 2.24. The minimum Gasteiger partial charge on any atom is -0.392 e. The second-order valence-corrected chi connectivity index (χ2v) is 12.4. The number of aromatic nitrogens is 8. The largest absolute Gasteiger partial charge is 0.392 e. The molecular weight excluding hydrogens is 616 g/mol. The molecular formula is C29H46N10O8. The molecule has 0 saturated carbocycles. The number of hydrogen-bond acceptors (Lipinski definition) is 12. The first-order valence-electron chi connectivity index (χ1n) is 15.5. The fourth-order valence-corrected chi connectivity index (χ4v) is 5.91. The van der Waals surface area contributed by atoms with E-state index in [4.69, 9.17) is 0 Å². The summed E-state index contributed by atoms with van der Waals surface area (Å²) in [5.74, 6) is 0.526. The second kappa shape index (κ2) is 13.8. The minimum absolute atomic E-state index is 0.0799. The van der Waals surface area contributed by atoms with Crippen LogP contribution in [0.1, 0.15) is 34.1 Å². The Morgan fingerprint density at radius 3 is 1.13 bits per heavy atom. The summed E-state index contributed by atoms with van der Waals surface area (Å²) in [6, 6.07) is 0. The molecule has 0 aliphatic rings. The van der Waals surface area contributed by atoms with Gasteiger partial charge in [-0.3, -0.25) is 27.9 Å². The van der Waals surface area contributed by atoms with Gasteiger partial charge in [-0.2, -0.15) is 9.97 Å². The van der Waals surface area contributed by atoms with E-state index in [-0.39, 0.29) is 79.9 Å². The molecule has 260 valence electrons. The molecule has 0 radical (unpaired) electrons. The molecule has 47 heavy (non-hydrogen) atoms. The number of anilines is 2. The van der Waals surface area contributed by atoms with Gasteiger partial charge >= 0.3 is 11.4 Å². The molecule has 4 aromatic rings. The van der Waals surface area contributed by atoms with Crippen LogP contribution in [0, 0.1) is 0 Å². The molecule has 0 unspecified atom stereocenters. The van der Waals surface area contributed by atoms with E-state index in [0.29, 0.717) is 0 Å². The third-order valence-corrected chi connectivity index (χ3v) is 7.92.